The second-order valence-corrected chi connectivity index (χ2v) is 5.82. The van der Waals surface area contributed by atoms with Crippen molar-refractivity contribution >= 4 is 5.69 Å². The Balaban J connectivity index is 2.01. The van der Waals surface area contributed by atoms with Gasteiger partial charge >= 0.3 is 0 Å². The largest absolute Gasteiger partial charge is 0.394 e. The first-order valence-corrected chi connectivity index (χ1v) is 7.93. The van der Waals surface area contributed by atoms with Crippen molar-refractivity contribution in [2.24, 2.45) is 0 Å². The van der Waals surface area contributed by atoms with Crippen LogP contribution in [0.4, 0.5) is 5.69 Å². The molecule has 2 rings (SSSR count). The minimum Gasteiger partial charge on any atom is -0.394 e. The van der Waals surface area contributed by atoms with E-state index in [0.717, 1.165) is 32.7 Å². The molecule has 1 aliphatic rings. The van der Waals surface area contributed by atoms with Crippen molar-refractivity contribution in [1.29, 1.82) is 0 Å². The quantitative estimate of drug-likeness (QED) is 0.755. The van der Waals surface area contributed by atoms with Gasteiger partial charge in [-0.15, -0.1) is 0 Å². The van der Waals surface area contributed by atoms with Crippen molar-refractivity contribution in [2.45, 2.75) is 38.8 Å². The molecule has 0 amide bonds. The van der Waals surface area contributed by atoms with Gasteiger partial charge in [0.05, 0.1) is 19.3 Å². The molecular formula is C17H28N2O2. The van der Waals surface area contributed by atoms with E-state index in [1.54, 1.807) is 7.11 Å². The summed E-state index contributed by atoms with van der Waals surface area (Å²) in [4.78, 5) is 2.38. The molecular weight excluding hydrogens is 264 g/mol. The normalized spacial score (nSPS) is 19.0. The van der Waals surface area contributed by atoms with Gasteiger partial charge in [-0.1, -0.05) is 12.1 Å². The van der Waals surface area contributed by atoms with Crippen LogP contribution in [0.15, 0.2) is 18.2 Å². The van der Waals surface area contributed by atoms with Crippen LogP contribution in [-0.4, -0.2) is 44.6 Å². The lowest BCUT2D eigenvalue weighted by Gasteiger charge is -2.37. The number of anilines is 1. The van der Waals surface area contributed by atoms with E-state index in [9.17, 15) is 5.11 Å². The zero-order chi connectivity index (χ0) is 15.1. The van der Waals surface area contributed by atoms with E-state index in [4.69, 9.17) is 4.74 Å². The number of methoxy groups -OCH3 is 1. The van der Waals surface area contributed by atoms with Gasteiger partial charge in [-0.2, -0.15) is 0 Å². The van der Waals surface area contributed by atoms with Crippen LogP contribution in [0.2, 0.25) is 0 Å². The van der Waals surface area contributed by atoms with E-state index in [1.165, 1.54) is 29.7 Å². The monoisotopic (exact) mass is 292 g/mol. The Hall–Kier alpha value is -1.10. The molecule has 1 unspecified atom stereocenters. The third-order valence-electron chi connectivity index (χ3n) is 4.22. The molecule has 1 fully saturated rings. The highest BCUT2D eigenvalue weighted by molar-refractivity contribution is 5.55. The molecule has 1 aliphatic heterocycles. The number of benzene rings is 1. The summed E-state index contributed by atoms with van der Waals surface area (Å²) in [7, 11) is 1.72. The maximum absolute atomic E-state index is 9.57. The van der Waals surface area contributed by atoms with Crippen LogP contribution >= 0.6 is 0 Å². The van der Waals surface area contributed by atoms with Gasteiger partial charge in [0.25, 0.3) is 0 Å². The number of rotatable bonds is 7. The number of nitrogens with zero attached hydrogens (tertiary/aromatic N) is 1. The molecule has 1 aromatic carbocycles. The fraction of sp³-hybridized carbons (Fsp3) is 0.647. The molecule has 0 spiro atoms. The summed E-state index contributed by atoms with van der Waals surface area (Å²) in [6, 6.07) is 6.92. The van der Waals surface area contributed by atoms with Crippen LogP contribution < -0.4 is 10.2 Å². The first-order valence-electron chi connectivity index (χ1n) is 7.93. The lowest BCUT2D eigenvalue weighted by atomic mass is 9.99. The predicted molar refractivity (Wildman–Crippen MR) is 86.8 cm³/mol. The lowest BCUT2D eigenvalue weighted by Crippen LogP contribution is -2.42. The second kappa shape index (κ2) is 8.37. The van der Waals surface area contributed by atoms with Gasteiger partial charge in [-0.3, -0.25) is 0 Å². The van der Waals surface area contributed by atoms with Crippen LogP contribution in [0.1, 0.15) is 30.4 Å². The van der Waals surface area contributed by atoms with Crippen molar-refractivity contribution in [3.8, 4) is 0 Å². The smallest absolute Gasteiger partial charge is 0.0635 e. The second-order valence-electron chi connectivity index (χ2n) is 5.82. The highest BCUT2D eigenvalue weighted by Gasteiger charge is 2.22. The van der Waals surface area contributed by atoms with E-state index >= 15 is 0 Å². The van der Waals surface area contributed by atoms with E-state index in [0.29, 0.717) is 0 Å². The van der Waals surface area contributed by atoms with E-state index < -0.39 is 0 Å². The zero-order valence-electron chi connectivity index (χ0n) is 13.3. The van der Waals surface area contributed by atoms with E-state index in [1.807, 2.05) is 0 Å². The zero-order valence-corrected chi connectivity index (χ0v) is 13.3. The first-order chi connectivity index (χ1) is 10.3. The van der Waals surface area contributed by atoms with Crippen LogP contribution in [0, 0.1) is 6.92 Å². The fourth-order valence-electron chi connectivity index (χ4n) is 3.06. The van der Waals surface area contributed by atoms with Gasteiger partial charge in [0, 0.05) is 32.4 Å². The summed E-state index contributed by atoms with van der Waals surface area (Å²) < 4.78 is 5.03. The van der Waals surface area contributed by atoms with Gasteiger partial charge in [0.1, 0.15) is 0 Å². The highest BCUT2D eigenvalue weighted by Crippen LogP contribution is 2.28. The van der Waals surface area contributed by atoms with Gasteiger partial charge in [0.2, 0.25) is 0 Å². The summed E-state index contributed by atoms with van der Waals surface area (Å²) in [5, 5.41) is 12.9. The molecule has 1 atom stereocenters. The molecule has 0 radical (unpaired) electrons. The first kappa shape index (κ1) is 16.3. The molecule has 4 heteroatoms. The SMILES string of the molecule is COCCNCc1ccc(N2CCCCC2CO)c(C)c1. The van der Waals surface area contributed by atoms with Crippen molar-refractivity contribution in [3.63, 3.8) is 0 Å². The number of aliphatic hydroxyl groups is 1. The Morgan fingerprint density at radius 3 is 2.95 bits per heavy atom. The average molecular weight is 292 g/mol. The standard InChI is InChI=1S/C17H28N2O2/c1-14-11-15(12-18-8-10-21-2)6-7-17(14)19-9-4-3-5-16(19)13-20/h6-7,11,16,18,20H,3-5,8-10,12-13H2,1-2H3. The molecule has 0 aromatic heterocycles. The molecule has 4 nitrogen and oxygen atoms in total. The van der Waals surface area contributed by atoms with Gasteiger partial charge in [-0.25, -0.2) is 0 Å². The minimum absolute atomic E-state index is 0.250. The van der Waals surface area contributed by atoms with E-state index in [2.05, 4.69) is 35.3 Å². The number of piperidine rings is 1. The summed E-state index contributed by atoms with van der Waals surface area (Å²) in [6.45, 7) is 5.95. The topological polar surface area (TPSA) is 44.7 Å². The number of aryl methyl sites for hydroxylation is 1. The van der Waals surface area contributed by atoms with Crippen molar-refractivity contribution in [2.75, 3.05) is 38.3 Å². The number of ether oxygens (including phenoxy) is 1. The van der Waals surface area contributed by atoms with Gasteiger partial charge < -0.3 is 20.1 Å². The number of nitrogens with one attached hydrogen (secondary N) is 1. The molecule has 0 bridgehead atoms. The summed E-state index contributed by atoms with van der Waals surface area (Å²) in [5.74, 6) is 0. The molecule has 1 heterocycles. The maximum Gasteiger partial charge on any atom is 0.0635 e. The molecule has 0 aliphatic carbocycles. The molecule has 1 aromatic rings. The summed E-state index contributed by atoms with van der Waals surface area (Å²) in [6.07, 6.45) is 3.54. The summed E-state index contributed by atoms with van der Waals surface area (Å²) >= 11 is 0. The Morgan fingerprint density at radius 2 is 2.24 bits per heavy atom. The lowest BCUT2D eigenvalue weighted by molar-refractivity contribution is 0.199. The van der Waals surface area contributed by atoms with Gasteiger partial charge in [0.15, 0.2) is 0 Å². The fourth-order valence-corrected chi connectivity index (χ4v) is 3.06. The van der Waals surface area contributed by atoms with Crippen LogP contribution in [0.3, 0.4) is 0 Å². The Kier molecular flexibility index (Phi) is 6.49. The van der Waals surface area contributed by atoms with Crippen molar-refractivity contribution < 1.29 is 9.84 Å². The van der Waals surface area contributed by atoms with Crippen LogP contribution in [0.25, 0.3) is 0 Å². The summed E-state index contributed by atoms with van der Waals surface area (Å²) in [5.41, 5.74) is 3.86. The third kappa shape index (κ3) is 4.43. The Bertz CT molecular complexity index is 437. The number of hydrogen-bond acceptors (Lipinski definition) is 4. The third-order valence-corrected chi connectivity index (χ3v) is 4.22. The van der Waals surface area contributed by atoms with Crippen molar-refractivity contribution in [1.82, 2.24) is 5.32 Å². The molecule has 0 saturated carbocycles. The molecule has 2 N–H and O–H groups in total. The Labute approximate surface area is 128 Å². The molecule has 21 heavy (non-hydrogen) atoms. The van der Waals surface area contributed by atoms with Gasteiger partial charge in [-0.05, 0) is 43.4 Å². The van der Waals surface area contributed by atoms with E-state index in [-0.39, 0.29) is 12.6 Å². The molecule has 1 saturated heterocycles. The predicted octanol–water partition coefficient (Wildman–Crippen LogP) is 2.08. The Morgan fingerprint density at radius 1 is 1.38 bits per heavy atom. The number of hydrogen-bond donors (Lipinski definition) is 2. The minimum atomic E-state index is 0.250. The maximum atomic E-state index is 9.57. The average Bonchev–Trinajstić information content (AvgIpc) is 2.52. The van der Waals surface area contributed by atoms with Crippen LogP contribution in [-0.2, 0) is 11.3 Å². The van der Waals surface area contributed by atoms with Crippen LogP contribution in [0.5, 0.6) is 0 Å². The highest BCUT2D eigenvalue weighted by atomic mass is 16.5. The number of aliphatic hydroxyl groups excluding tert-OH is 1. The molecule has 118 valence electrons. The van der Waals surface area contributed by atoms with Crippen molar-refractivity contribution in [3.05, 3.63) is 29.3 Å².